The summed E-state index contributed by atoms with van der Waals surface area (Å²) in [7, 11) is 0. The second-order valence-electron chi connectivity index (χ2n) is 5.57. The number of H-pyrrole nitrogens is 1. The van der Waals surface area contributed by atoms with Crippen molar-refractivity contribution in [1.82, 2.24) is 15.5 Å². The summed E-state index contributed by atoms with van der Waals surface area (Å²) in [5, 5.41) is 9.44. The van der Waals surface area contributed by atoms with E-state index in [9.17, 15) is 4.79 Å². The zero-order valence-electron chi connectivity index (χ0n) is 14.7. The van der Waals surface area contributed by atoms with Gasteiger partial charge in [-0.1, -0.05) is 36.1 Å². The predicted octanol–water partition coefficient (Wildman–Crippen LogP) is 3.21. The standard InChI is InChI=1S/C21H19N3O3/c1-2-8-16-9-3-4-10-19(16)26-13-6-5-12-22-21(25)18-15-17(23-24-18)20-11-7-14-27-20/h2-4,7,9-11,14-15H,1,8,12-13H2,(H,22,25)(H,23,24). The van der Waals surface area contributed by atoms with Gasteiger partial charge >= 0.3 is 0 Å². The van der Waals surface area contributed by atoms with Gasteiger partial charge in [0.15, 0.2) is 11.5 Å². The van der Waals surface area contributed by atoms with E-state index in [1.165, 1.54) is 0 Å². The van der Waals surface area contributed by atoms with Crippen molar-refractivity contribution < 1.29 is 13.9 Å². The second-order valence-corrected chi connectivity index (χ2v) is 5.57. The maximum Gasteiger partial charge on any atom is 0.272 e. The van der Waals surface area contributed by atoms with Crippen LogP contribution in [-0.2, 0) is 6.42 Å². The van der Waals surface area contributed by atoms with Gasteiger partial charge in [0.1, 0.15) is 18.1 Å². The minimum atomic E-state index is -0.310. The highest BCUT2D eigenvalue weighted by atomic mass is 16.5. The molecule has 6 heteroatoms. The minimum Gasteiger partial charge on any atom is -0.481 e. The van der Waals surface area contributed by atoms with Crippen LogP contribution in [0.25, 0.3) is 11.5 Å². The molecule has 3 rings (SSSR count). The van der Waals surface area contributed by atoms with Crippen molar-refractivity contribution in [2.75, 3.05) is 13.2 Å². The first-order chi connectivity index (χ1) is 13.3. The summed E-state index contributed by atoms with van der Waals surface area (Å²) in [6.45, 7) is 4.19. The molecule has 0 saturated carbocycles. The van der Waals surface area contributed by atoms with Gasteiger partial charge < -0.3 is 14.5 Å². The van der Waals surface area contributed by atoms with E-state index in [0.717, 1.165) is 17.7 Å². The lowest BCUT2D eigenvalue weighted by Crippen LogP contribution is -2.24. The molecule has 3 aromatic rings. The molecule has 6 nitrogen and oxygen atoms in total. The molecular formula is C21H19N3O3. The molecule has 0 fully saturated rings. The van der Waals surface area contributed by atoms with Crippen LogP contribution in [0.5, 0.6) is 5.75 Å². The molecule has 2 aromatic heterocycles. The van der Waals surface area contributed by atoms with E-state index in [2.05, 4.69) is 33.9 Å². The normalized spacial score (nSPS) is 9.93. The van der Waals surface area contributed by atoms with Crippen LogP contribution in [-0.4, -0.2) is 29.3 Å². The number of para-hydroxylation sites is 1. The SMILES string of the molecule is C=CCc1ccccc1OCC#CCNC(=O)c1cc(-c2ccco2)[nH]n1. The van der Waals surface area contributed by atoms with Gasteiger partial charge in [-0.05, 0) is 30.2 Å². The summed E-state index contributed by atoms with van der Waals surface area (Å²) in [6, 6.07) is 12.9. The van der Waals surface area contributed by atoms with Crippen LogP contribution in [0.3, 0.4) is 0 Å². The fourth-order valence-electron chi connectivity index (χ4n) is 2.41. The Bertz CT molecular complexity index is 962. The summed E-state index contributed by atoms with van der Waals surface area (Å²) >= 11 is 0. The fraction of sp³-hybridized carbons (Fsp3) is 0.143. The van der Waals surface area contributed by atoms with Crippen LogP contribution in [0, 0.1) is 11.8 Å². The van der Waals surface area contributed by atoms with Gasteiger partial charge in [-0.2, -0.15) is 5.10 Å². The Morgan fingerprint density at radius 1 is 1.30 bits per heavy atom. The average molecular weight is 361 g/mol. The number of nitrogens with one attached hydrogen (secondary N) is 2. The molecule has 0 aliphatic heterocycles. The van der Waals surface area contributed by atoms with Crippen LogP contribution >= 0.6 is 0 Å². The predicted molar refractivity (Wildman–Crippen MR) is 102 cm³/mol. The van der Waals surface area contributed by atoms with Crippen molar-refractivity contribution >= 4 is 5.91 Å². The highest BCUT2D eigenvalue weighted by Gasteiger charge is 2.11. The van der Waals surface area contributed by atoms with E-state index in [-0.39, 0.29) is 24.8 Å². The number of aromatic nitrogens is 2. The molecule has 1 amide bonds. The molecule has 0 radical (unpaired) electrons. The third-order valence-corrected chi connectivity index (χ3v) is 3.70. The average Bonchev–Trinajstić information content (AvgIpc) is 3.37. The summed E-state index contributed by atoms with van der Waals surface area (Å²) in [4.78, 5) is 12.1. The summed E-state index contributed by atoms with van der Waals surface area (Å²) < 4.78 is 10.9. The zero-order valence-corrected chi connectivity index (χ0v) is 14.7. The van der Waals surface area contributed by atoms with E-state index in [1.807, 2.05) is 30.3 Å². The lowest BCUT2D eigenvalue weighted by Gasteiger charge is -2.07. The fourth-order valence-corrected chi connectivity index (χ4v) is 2.41. The Kier molecular flexibility index (Phi) is 6.10. The number of nitrogens with zero attached hydrogens (tertiary/aromatic N) is 1. The quantitative estimate of drug-likeness (QED) is 0.500. The molecule has 2 heterocycles. The largest absolute Gasteiger partial charge is 0.481 e. The van der Waals surface area contributed by atoms with Gasteiger partial charge in [0.25, 0.3) is 5.91 Å². The molecule has 0 aliphatic rings. The van der Waals surface area contributed by atoms with Crippen molar-refractivity contribution in [1.29, 1.82) is 0 Å². The number of carbonyl (C=O) groups is 1. The van der Waals surface area contributed by atoms with Crippen molar-refractivity contribution in [2.45, 2.75) is 6.42 Å². The van der Waals surface area contributed by atoms with Gasteiger partial charge in [0.2, 0.25) is 0 Å². The van der Waals surface area contributed by atoms with Gasteiger partial charge in [-0.15, -0.1) is 6.58 Å². The Labute approximate surface area is 157 Å². The topological polar surface area (TPSA) is 80.1 Å². The first-order valence-corrected chi connectivity index (χ1v) is 8.42. The lowest BCUT2D eigenvalue weighted by atomic mass is 10.1. The first-order valence-electron chi connectivity index (χ1n) is 8.42. The molecule has 0 spiro atoms. The van der Waals surface area contributed by atoms with Crippen molar-refractivity contribution in [3.05, 3.63) is 72.6 Å². The van der Waals surface area contributed by atoms with Gasteiger partial charge in [0, 0.05) is 6.07 Å². The van der Waals surface area contributed by atoms with E-state index in [4.69, 9.17) is 9.15 Å². The molecule has 0 saturated heterocycles. The van der Waals surface area contributed by atoms with Crippen molar-refractivity contribution in [2.24, 2.45) is 0 Å². The van der Waals surface area contributed by atoms with Crippen LogP contribution in [0.4, 0.5) is 0 Å². The summed E-state index contributed by atoms with van der Waals surface area (Å²) in [5.74, 6) is 6.84. The van der Waals surface area contributed by atoms with E-state index in [1.54, 1.807) is 24.5 Å². The maximum atomic E-state index is 12.1. The summed E-state index contributed by atoms with van der Waals surface area (Å²) in [6.07, 6.45) is 4.13. The number of ether oxygens (including phenoxy) is 1. The molecule has 1 aromatic carbocycles. The Balaban J connectivity index is 1.45. The highest BCUT2D eigenvalue weighted by Crippen LogP contribution is 2.18. The number of hydrogen-bond donors (Lipinski definition) is 2. The Morgan fingerprint density at radius 2 is 2.19 bits per heavy atom. The number of rotatable bonds is 7. The second kappa shape index (κ2) is 9.11. The van der Waals surface area contributed by atoms with Crippen LogP contribution in [0.1, 0.15) is 16.1 Å². The van der Waals surface area contributed by atoms with Crippen LogP contribution < -0.4 is 10.1 Å². The molecule has 0 atom stereocenters. The molecule has 0 unspecified atom stereocenters. The molecule has 136 valence electrons. The molecule has 0 aliphatic carbocycles. The number of hydrogen-bond acceptors (Lipinski definition) is 4. The number of benzene rings is 1. The van der Waals surface area contributed by atoms with Crippen molar-refractivity contribution in [3.8, 4) is 29.0 Å². The highest BCUT2D eigenvalue weighted by molar-refractivity contribution is 5.93. The summed E-state index contributed by atoms with van der Waals surface area (Å²) in [5.41, 5.74) is 1.98. The number of allylic oxidation sites excluding steroid dienone is 1. The molecule has 2 N–H and O–H groups in total. The third kappa shape index (κ3) is 4.89. The monoisotopic (exact) mass is 361 g/mol. The number of amides is 1. The zero-order chi connectivity index (χ0) is 18.9. The number of carbonyl (C=O) groups excluding carboxylic acids is 1. The van der Waals surface area contributed by atoms with Crippen molar-refractivity contribution in [3.63, 3.8) is 0 Å². The molecular weight excluding hydrogens is 342 g/mol. The van der Waals surface area contributed by atoms with Gasteiger partial charge in [0.05, 0.1) is 12.8 Å². The van der Waals surface area contributed by atoms with Crippen LogP contribution in [0.15, 0.2) is 65.8 Å². The van der Waals surface area contributed by atoms with E-state index in [0.29, 0.717) is 11.5 Å². The van der Waals surface area contributed by atoms with Gasteiger partial charge in [-0.3, -0.25) is 9.89 Å². The smallest absolute Gasteiger partial charge is 0.272 e. The first kappa shape index (κ1) is 18.1. The Hall–Kier alpha value is -3.72. The minimum absolute atomic E-state index is 0.208. The molecule has 27 heavy (non-hydrogen) atoms. The van der Waals surface area contributed by atoms with Gasteiger partial charge in [-0.25, -0.2) is 0 Å². The number of aromatic amines is 1. The third-order valence-electron chi connectivity index (χ3n) is 3.70. The maximum absolute atomic E-state index is 12.1. The lowest BCUT2D eigenvalue weighted by molar-refractivity contribution is 0.0953. The Morgan fingerprint density at radius 3 is 3.00 bits per heavy atom. The number of furan rings is 1. The van der Waals surface area contributed by atoms with E-state index < -0.39 is 0 Å². The van der Waals surface area contributed by atoms with Crippen LogP contribution in [0.2, 0.25) is 0 Å². The molecule has 0 bridgehead atoms. The van der Waals surface area contributed by atoms with E-state index >= 15 is 0 Å².